The van der Waals surface area contributed by atoms with Crippen molar-refractivity contribution >= 4 is 16.8 Å². The van der Waals surface area contributed by atoms with Gasteiger partial charge in [-0.25, -0.2) is 13.8 Å². The number of fused-ring (bicyclic) bond motifs is 1. The van der Waals surface area contributed by atoms with E-state index in [0.29, 0.717) is 16.7 Å². The Labute approximate surface area is 101 Å². The third-order valence-corrected chi connectivity index (χ3v) is 2.63. The third kappa shape index (κ3) is 1.60. The zero-order chi connectivity index (χ0) is 12.7. The number of para-hydroxylation sites is 1. The summed E-state index contributed by atoms with van der Waals surface area (Å²) < 4.78 is 31.8. The first kappa shape index (κ1) is 10.7. The van der Waals surface area contributed by atoms with Crippen LogP contribution in [0.15, 0.2) is 40.8 Å². The van der Waals surface area contributed by atoms with Crippen molar-refractivity contribution in [3.05, 3.63) is 48.0 Å². The summed E-state index contributed by atoms with van der Waals surface area (Å²) in [5, 5.41) is 0. The van der Waals surface area contributed by atoms with Crippen molar-refractivity contribution in [1.29, 1.82) is 0 Å². The van der Waals surface area contributed by atoms with Gasteiger partial charge in [0.1, 0.15) is 17.2 Å². The fourth-order valence-electron chi connectivity index (χ4n) is 1.74. The molecule has 18 heavy (non-hydrogen) atoms. The quantitative estimate of drug-likeness (QED) is 0.670. The minimum absolute atomic E-state index is 0.0375. The minimum atomic E-state index is -0.541. The first-order valence-electron chi connectivity index (χ1n) is 5.25. The van der Waals surface area contributed by atoms with E-state index in [1.807, 2.05) is 0 Å². The lowest BCUT2D eigenvalue weighted by Gasteiger charge is -2.01. The molecule has 90 valence electrons. The molecule has 0 saturated heterocycles. The molecule has 0 atom stereocenters. The molecule has 3 rings (SSSR count). The summed E-state index contributed by atoms with van der Waals surface area (Å²) in [5.74, 6) is -0.775. The van der Waals surface area contributed by atoms with Gasteiger partial charge in [0, 0.05) is 6.07 Å². The van der Waals surface area contributed by atoms with Gasteiger partial charge in [-0.05, 0) is 24.3 Å². The maximum Gasteiger partial charge on any atom is 0.229 e. The van der Waals surface area contributed by atoms with Gasteiger partial charge in [0.05, 0.1) is 11.3 Å². The lowest BCUT2D eigenvalue weighted by Crippen LogP contribution is -1.93. The summed E-state index contributed by atoms with van der Waals surface area (Å²) in [7, 11) is 0. The van der Waals surface area contributed by atoms with E-state index in [1.165, 1.54) is 30.3 Å². The summed E-state index contributed by atoms with van der Waals surface area (Å²) >= 11 is 0. The van der Waals surface area contributed by atoms with Gasteiger partial charge in [0.15, 0.2) is 5.58 Å². The van der Waals surface area contributed by atoms with Crippen LogP contribution in [0.25, 0.3) is 22.6 Å². The molecule has 0 bridgehead atoms. The number of hydrogen-bond donors (Lipinski definition) is 1. The molecule has 0 aliphatic carbocycles. The fraction of sp³-hybridized carbons (Fsp3) is 0. The molecule has 0 amide bonds. The number of nitrogens with two attached hydrogens (primary N) is 1. The van der Waals surface area contributed by atoms with E-state index < -0.39 is 11.6 Å². The summed E-state index contributed by atoms with van der Waals surface area (Å²) in [6.45, 7) is 0. The molecular weight excluding hydrogens is 238 g/mol. The monoisotopic (exact) mass is 246 g/mol. The van der Waals surface area contributed by atoms with Crippen molar-refractivity contribution in [1.82, 2.24) is 4.98 Å². The molecule has 2 aromatic carbocycles. The Kier molecular flexibility index (Phi) is 2.26. The average molecular weight is 246 g/mol. The summed E-state index contributed by atoms with van der Waals surface area (Å²) in [5.41, 5.74) is 6.73. The Balaban J connectivity index is 2.22. The van der Waals surface area contributed by atoms with Crippen molar-refractivity contribution < 1.29 is 13.2 Å². The lowest BCUT2D eigenvalue weighted by molar-refractivity contribution is 0.610. The molecule has 0 saturated carbocycles. The van der Waals surface area contributed by atoms with Crippen molar-refractivity contribution in [3.8, 4) is 11.5 Å². The number of hydrogen-bond acceptors (Lipinski definition) is 3. The second-order valence-electron chi connectivity index (χ2n) is 3.83. The van der Waals surface area contributed by atoms with Gasteiger partial charge in [-0.2, -0.15) is 0 Å². The van der Waals surface area contributed by atoms with E-state index in [0.717, 1.165) is 0 Å². The highest BCUT2D eigenvalue weighted by Crippen LogP contribution is 2.30. The zero-order valence-corrected chi connectivity index (χ0v) is 9.15. The molecule has 0 aliphatic heterocycles. The predicted octanol–water partition coefficient (Wildman–Crippen LogP) is 3.36. The van der Waals surface area contributed by atoms with Gasteiger partial charge in [-0.1, -0.05) is 6.07 Å². The Bertz CT molecular complexity index is 737. The number of halogens is 2. The lowest BCUT2D eigenvalue weighted by atomic mass is 10.2. The van der Waals surface area contributed by atoms with Gasteiger partial charge in [-0.15, -0.1) is 0 Å². The van der Waals surface area contributed by atoms with Crippen molar-refractivity contribution in [2.75, 3.05) is 5.73 Å². The topological polar surface area (TPSA) is 52.0 Å². The molecule has 3 nitrogen and oxygen atoms in total. The average Bonchev–Trinajstić information content (AvgIpc) is 2.75. The van der Waals surface area contributed by atoms with Crippen molar-refractivity contribution in [2.45, 2.75) is 0 Å². The SMILES string of the molecule is Nc1c(F)cccc1-c1nc2cc(F)ccc2o1. The largest absolute Gasteiger partial charge is 0.436 e. The van der Waals surface area contributed by atoms with Gasteiger partial charge >= 0.3 is 0 Å². The first-order valence-corrected chi connectivity index (χ1v) is 5.25. The Morgan fingerprint density at radius 3 is 2.78 bits per heavy atom. The molecule has 5 heteroatoms. The molecule has 1 aromatic heterocycles. The second kappa shape index (κ2) is 3.80. The van der Waals surface area contributed by atoms with Crippen LogP contribution in [0, 0.1) is 11.6 Å². The molecule has 0 aliphatic rings. The highest BCUT2D eigenvalue weighted by atomic mass is 19.1. The maximum absolute atomic E-state index is 13.3. The van der Waals surface area contributed by atoms with Crippen LogP contribution in [-0.4, -0.2) is 4.98 Å². The van der Waals surface area contributed by atoms with Gasteiger partial charge < -0.3 is 10.2 Å². The van der Waals surface area contributed by atoms with Crippen LogP contribution < -0.4 is 5.73 Å². The number of rotatable bonds is 1. The predicted molar refractivity (Wildman–Crippen MR) is 63.8 cm³/mol. The minimum Gasteiger partial charge on any atom is -0.436 e. The molecule has 0 fully saturated rings. The maximum atomic E-state index is 13.3. The van der Waals surface area contributed by atoms with E-state index in [4.69, 9.17) is 10.2 Å². The third-order valence-electron chi connectivity index (χ3n) is 2.63. The summed E-state index contributed by atoms with van der Waals surface area (Å²) in [4.78, 5) is 4.09. The number of aromatic nitrogens is 1. The zero-order valence-electron chi connectivity index (χ0n) is 9.15. The Morgan fingerprint density at radius 2 is 1.94 bits per heavy atom. The van der Waals surface area contributed by atoms with Crippen LogP contribution in [0.3, 0.4) is 0 Å². The first-order chi connectivity index (χ1) is 8.65. The summed E-state index contributed by atoms with van der Waals surface area (Å²) in [6, 6.07) is 8.35. The fourth-order valence-corrected chi connectivity index (χ4v) is 1.74. The van der Waals surface area contributed by atoms with Gasteiger partial charge in [0.25, 0.3) is 0 Å². The molecule has 3 aromatic rings. The number of oxazole rings is 1. The van der Waals surface area contributed by atoms with Crippen LogP contribution in [0.1, 0.15) is 0 Å². The van der Waals surface area contributed by atoms with Gasteiger partial charge in [0.2, 0.25) is 5.89 Å². The highest BCUT2D eigenvalue weighted by Gasteiger charge is 2.13. The normalized spacial score (nSPS) is 11.0. The number of nitrogens with zero attached hydrogens (tertiary/aromatic N) is 1. The molecule has 0 radical (unpaired) electrons. The standard InChI is InChI=1S/C13H8F2N2O/c14-7-4-5-11-10(6-7)17-13(18-11)8-2-1-3-9(15)12(8)16/h1-6H,16H2. The Hall–Kier alpha value is -2.43. The number of benzene rings is 2. The van der Waals surface area contributed by atoms with E-state index in [1.54, 1.807) is 6.07 Å². The van der Waals surface area contributed by atoms with E-state index in [2.05, 4.69) is 4.98 Å². The van der Waals surface area contributed by atoms with Crippen LogP contribution in [0.4, 0.5) is 14.5 Å². The van der Waals surface area contributed by atoms with Crippen molar-refractivity contribution in [2.24, 2.45) is 0 Å². The second-order valence-corrected chi connectivity index (χ2v) is 3.83. The smallest absolute Gasteiger partial charge is 0.229 e. The Morgan fingerprint density at radius 1 is 1.11 bits per heavy atom. The molecular formula is C13H8F2N2O. The van der Waals surface area contributed by atoms with E-state index in [9.17, 15) is 8.78 Å². The molecule has 2 N–H and O–H groups in total. The molecule has 0 unspecified atom stereocenters. The highest BCUT2D eigenvalue weighted by molar-refractivity contribution is 5.79. The van der Waals surface area contributed by atoms with Crippen molar-refractivity contribution in [3.63, 3.8) is 0 Å². The number of anilines is 1. The van der Waals surface area contributed by atoms with Crippen LogP contribution in [0.2, 0.25) is 0 Å². The number of nitrogen functional groups attached to an aromatic ring is 1. The van der Waals surface area contributed by atoms with Crippen LogP contribution in [-0.2, 0) is 0 Å². The van der Waals surface area contributed by atoms with E-state index >= 15 is 0 Å². The molecule has 0 spiro atoms. The molecule has 1 heterocycles. The van der Waals surface area contributed by atoms with Crippen LogP contribution >= 0.6 is 0 Å². The van der Waals surface area contributed by atoms with E-state index in [-0.39, 0.29) is 11.6 Å². The van der Waals surface area contributed by atoms with Crippen LogP contribution in [0.5, 0.6) is 0 Å². The summed E-state index contributed by atoms with van der Waals surface area (Å²) in [6.07, 6.45) is 0. The van der Waals surface area contributed by atoms with Gasteiger partial charge in [-0.3, -0.25) is 0 Å².